The third-order valence-electron chi connectivity index (χ3n) is 23.6. The molecule has 24 unspecified atom stereocenters. The molecule has 0 aromatic carbocycles. The molecule has 4 nitrogen and oxygen atoms in total. The Labute approximate surface area is 372 Å². The second-order valence-corrected chi connectivity index (χ2v) is 26.9. The first-order chi connectivity index (χ1) is 28.6. The Kier molecular flexibility index (Phi) is 11.9. The van der Waals surface area contributed by atoms with E-state index in [1.165, 1.54) is 116 Å². The Hall–Kier alpha value is -0.160. The lowest BCUT2D eigenvalue weighted by Gasteiger charge is -2.59. The summed E-state index contributed by atoms with van der Waals surface area (Å²) in [5.41, 5.74) is 0.915. The van der Waals surface area contributed by atoms with Crippen LogP contribution in [0.15, 0.2) is 0 Å². The van der Waals surface area contributed by atoms with E-state index in [2.05, 4.69) is 97.9 Å². The van der Waals surface area contributed by atoms with Crippen molar-refractivity contribution in [3.8, 4) is 0 Å². The zero-order chi connectivity index (χ0) is 42.2. The van der Waals surface area contributed by atoms with E-state index in [1.54, 1.807) is 6.42 Å². The van der Waals surface area contributed by atoms with Crippen molar-refractivity contribution in [3.63, 3.8) is 0 Å². The molecule has 0 radical (unpaired) electrons. The van der Waals surface area contributed by atoms with E-state index < -0.39 is 0 Å². The van der Waals surface area contributed by atoms with Gasteiger partial charge in [0, 0.05) is 42.3 Å². The van der Waals surface area contributed by atoms with E-state index >= 15 is 0 Å². The van der Waals surface area contributed by atoms with E-state index in [-0.39, 0.29) is 0 Å². The van der Waals surface area contributed by atoms with Gasteiger partial charge < -0.3 is 0 Å². The van der Waals surface area contributed by atoms with Crippen LogP contribution in [0.1, 0.15) is 198 Å². The summed E-state index contributed by atoms with van der Waals surface area (Å²) in [5, 5.41) is 4.70. The number of hydrogen-bond acceptors (Lipinski definition) is 4. The van der Waals surface area contributed by atoms with Gasteiger partial charge in [-0.3, -0.25) is 20.0 Å². The van der Waals surface area contributed by atoms with Gasteiger partial charge in [-0.05, 0) is 209 Å². The fourth-order valence-corrected chi connectivity index (χ4v) is 20.7. The Morgan fingerprint density at radius 1 is 0.517 bits per heavy atom. The van der Waals surface area contributed by atoms with Crippen molar-refractivity contribution < 1.29 is 0 Å². The molecule has 3 aliphatic heterocycles. The smallest absolute Gasteiger partial charge is 0.117 e. The van der Waals surface area contributed by atoms with Crippen molar-refractivity contribution in [2.75, 3.05) is 7.05 Å². The van der Waals surface area contributed by atoms with Crippen molar-refractivity contribution in [2.45, 2.75) is 247 Å². The molecule has 25 atom stereocenters. The van der Waals surface area contributed by atoms with Crippen molar-refractivity contribution in [1.29, 1.82) is 0 Å². The van der Waals surface area contributed by atoms with Crippen LogP contribution in [0.4, 0.5) is 0 Å². The fraction of sp³-hybridized carbons (Fsp3) is 1.00. The van der Waals surface area contributed by atoms with Crippen molar-refractivity contribution in [2.24, 2.45) is 99.6 Å². The maximum Gasteiger partial charge on any atom is 0.117 e. The molecule has 60 heavy (non-hydrogen) atoms. The van der Waals surface area contributed by atoms with Crippen LogP contribution in [0, 0.1) is 99.6 Å². The maximum atomic E-state index is 4.70. The molecule has 7 aliphatic carbocycles. The Bertz CT molecular complexity index is 1510. The Morgan fingerprint density at radius 3 is 2.02 bits per heavy atom. The molecule has 7 saturated carbocycles. The number of hydrogen-bond donors (Lipinski definition) is 1. The van der Waals surface area contributed by atoms with Crippen molar-refractivity contribution in [1.82, 2.24) is 20.0 Å². The minimum atomic E-state index is 0.421. The molecule has 0 bridgehead atoms. The van der Waals surface area contributed by atoms with Gasteiger partial charge in [0.15, 0.2) is 0 Å². The van der Waals surface area contributed by atoms with Gasteiger partial charge in [0.25, 0.3) is 0 Å². The van der Waals surface area contributed by atoms with Crippen LogP contribution in [0.3, 0.4) is 0 Å². The summed E-state index contributed by atoms with van der Waals surface area (Å²) in [6.07, 6.45) is 28.2. The molecule has 0 spiro atoms. The van der Waals surface area contributed by atoms with Crippen LogP contribution >= 0.6 is 0 Å². The summed E-state index contributed by atoms with van der Waals surface area (Å²) in [6, 6.07) is 5.40. The average Bonchev–Trinajstić information content (AvgIpc) is 3.62. The molecule has 342 valence electrons. The summed E-state index contributed by atoms with van der Waals surface area (Å²) >= 11 is 0. The third kappa shape index (κ3) is 6.79. The van der Waals surface area contributed by atoms with Crippen LogP contribution in [-0.2, 0) is 0 Å². The SMILES string of the molecule is CC1CCC2C(C1)C(C1CCC(C)C(C)C1)NC(N1C3CCC([C@@H]4CC(C)C5C(C4)C4(C)C(C)CC(C)CC4N5C4CCCCC4C)C(C)C3C3(C)CC(C)CCC13)N2C. The zero-order valence-electron chi connectivity index (χ0n) is 41.6. The third-order valence-corrected chi connectivity index (χ3v) is 23.6. The van der Waals surface area contributed by atoms with Gasteiger partial charge in [-0.2, -0.15) is 0 Å². The Balaban J connectivity index is 0.949. The number of nitrogens with one attached hydrogen (secondary N) is 1. The molecule has 10 fully saturated rings. The summed E-state index contributed by atoms with van der Waals surface area (Å²) in [5.74, 6) is 13.0. The molecular weight excluding hydrogens is 729 g/mol. The first-order valence-corrected chi connectivity index (χ1v) is 27.6. The van der Waals surface area contributed by atoms with Gasteiger partial charge in [-0.25, -0.2) is 0 Å². The first-order valence-electron chi connectivity index (χ1n) is 27.6. The second kappa shape index (κ2) is 16.3. The highest BCUT2D eigenvalue weighted by atomic mass is 15.5. The molecule has 3 saturated heterocycles. The number of rotatable bonds is 4. The van der Waals surface area contributed by atoms with Crippen molar-refractivity contribution in [3.05, 3.63) is 0 Å². The predicted molar refractivity (Wildman–Crippen MR) is 252 cm³/mol. The van der Waals surface area contributed by atoms with Gasteiger partial charge in [0.1, 0.15) is 6.29 Å². The molecule has 3 heterocycles. The minimum Gasteiger partial charge on any atom is -0.293 e. The summed E-state index contributed by atoms with van der Waals surface area (Å²) in [7, 11) is 2.60. The highest BCUT2D eigenvalue weighted by Crippen LogP contribution is 2.67. The standard InChI is InChI=1S/C56H98N4/c1-32-17-22-47-44(26-32)52(41-20-19-35(4)37(6)28-41)57-54(58(47)12)60-48-23-21-43(40(9)51(48)55(10)31-33(2)18-24-49(55)60)42-29-38(7)53-45(30-42)56(11)39(8)25-34(3)27-50(56)59(53)46-16-14-13-15-36(46)5/h32-54,57H,13-31H2,1-12H3/t32?,33?,34?,35?,36?,37?,38?,39?,40?,41?,42-,43?,44?,45?,46?,47?,48?,49?,50?,51?,52?,53?,54?,55?,56?/m1/s1. The van der Waals surface area contributed by atoms with E-state index in [1.807, 2.05) is 0 Å². The van der Waals surface area contributed by atoms with Crippen LogP contribution in [-0.4, -0.2) is 70.3 Å². The minimum absolute atomic E-state index is 0.421. The Morgan fingerprint density at radius 2 is 1.25 bits per heavy atom. The van der Waals surface area contributed by atoms with Gasteiger partial charge in [0.2, 0.25) is 0 Å². The fourth-order valence-electron chi connectivity index (χ4n) is 20.7. The van der Waals surface area contributed by atoms with Crippen LogP contribution in [0.5, 0.6) is 0 Å². The predicted octanol–water partition coefficient (Wildman–Crippen LogP) is 13.0. The normalized spacial score (nSPS) is 59.1. The number of fused-ring (bicyclic) bond motifs is 7. The summed E-state index contributed by atoms with van der Waals surface area (Å²) in [6.45, 7) is 29.7. The topological polar surface area (TPSA) is 21.8 Å². The second-order valence-electron chi connectivity index (χ2n) is 26.9. The zero-order valence-corrected chi connectivity index (χ0v) is 41.6. The number of nitrogens with zero attached hydrogens (tertiary/aromatic N) is 3. The average molecular weight is 827 g/mol. The largest absolute Gasteiger partial charge is 0.293 e. The van der Waals surface area contributed by atoms with Gasteiger partial charge >= 0.3 is 0 Å². The maximum absolute atomic E-state index is 4.70. The molecule has 10 aliphatic rings. The lowest BCUT2D eigenvalue weighted by Crippen LogP contribution is -2.73. The highest BCUT2D eigenvalue weighted by molar-refractivity contribution is 5.19. The quantitative estimate of drug-likeness (QED) is 0.305. The van der Waals surface area contributed by atoms with Crippen LogP contribution in [0.25, 0.3) is 0 Å². The summed E-state index contributed by atoms with van der Waals surface area (Å²) in [4.78, 5) is 9.60. The van der Waals surface area contributed by atoms with Crippen LogP contribution in [0.2, 0.25) is 0 Å². The lowest BCUT2D eigenvalue weighted by atomic mass is 9.50. The molecule has 0 amide bonds. The molecule has 0 aromatic rings. The summed E-state index contributed by atoms with van der Waals surface area (Å²) < 4.78 is 0. The van der Waals surface area contributed by atoms with Crippen molar-refractivity contribution >= 4 is 0 Å². The van der Waals surface area contributed by atoms with Gasteiger partial charge in [-0.15, -0.1) is 0 Å². The molecule has 0 aromatic heterocycles. The van der Waals surface area contributed by atoms with E-state index in [0.717, 1.165) is 125 Å². The highest BCUT2D eigenvalue weighted by Gasteiger charge is 2.67. The van der Waals surface area contributed by atoms with E-state index in [9.17, 15) is 0 Å². The first kappa shape index (κ1) is 43.7. The molecule has 10 rings (SSSR count). The molecular formula is C56H98N4. The number of likely N-dealkylation sites (tertiary alicyclic amines) is 2. The lowest BCUT2D eigenvalue weighted by molar-refractivity contribution is -0.123. The molecule has 4 heteroatoms. The van der Waals surface area contributed by atoms with Gasteiger partial charge in [-0.1, -0.05) is 95.4 Å². The van der Waals surface area contributed by atoms with E-state index in [4.69, 9.17) is 5.32 Å². The molecule has 1 N–H and O–H groups in total. The monoisotopic (exact) mass is 827 g/mol. The van der Waals surface area contributed by atoms with Crippen LogP contribution < -0.4 is 5.32 Å². The van der Waals surface area contributed by atoms with Gasteiger partial charge in [0.05, 0.1) is 0 Å². The van der Waals surface area contributed by atoms with E-state index in [0.29, 0.717) is 23.2 Å².